The standard InChI is InChI=1S/C27H26BrF3N4O3S2/c1-5-38-25(37)19-14-9-8-13(26(2,3)4)11-17(14)40-24(19)33-23(36)21-20(28)22-32-15(16-7-6-10-39-16)12-18(27(29,30)31)35(22)34-21/h6-7,10,12-13H,5,8-9,11H2,1-4H3,(H,33,36). The van der Waals surface area contributed by atoms with E-state index in [2.05, 4.69) is 52.1 Å². The monoisotopic (exact) mass is 654 g/mol. The van der Waals surface area contributed by atoms with Crippen molar-refractivity contribution in [2.45, 2.75) is 53.1 Å². The number of nitrogens with one attached hydrogen (secondary N) is 1. The maximum Gasteiger partial charge on any atom is 0.433 e. The molecule has 1 N–H and O–H groups in total. The van der Waals surface area contributed by atoms with E-state index < -0.39 is 23.7 Å². The van der Waals surface area contributed by atoms with E-state index in [0.29, 0.717) is 32.3 Å². The number of anilines is 1. The van der Waals surface area contributed by atoms with Gasteiger partial charge < -0.3 is 10.1 Å². The van der Waals surface area contributed by atoms with Crippen LogP contribution in [0.2, 0.25) is 0 Å². The first kappa shape index (κ1) is 28.7. The van der Waals surface area contributed by atoms with Gasteiger partial charge in [0.1, 0.15) is 5.00 Å². The van der Waals surface area contributed by atoms with Crippen molar-refractivity contribution in [1.29, 1.82) is 0 Å². The summed E-state index contributed by atoms with van der Waals surface area (Å²) in [6.45, 7) is 8.41. The van der Waals surface area contributed by atoms with Crippen molar-refractivity contribution in [3.8, 4) is 10.6 Å². The summed E-state index contributed by atoms with van der Waals surface area (Å²) >= 11 is 5.82. The number of carbonyl (C=O) groups is 2. The Bertz CT molecular complexity index is 1600. The lowest BCUT2D eigenvalue weighted by Gasteiger charge is -2.33. The van der Waals surface area contributed by atoms with Crippen LogP contribution in [0.25, 0.3) is 16.2 Å². The van der Waals surface area contributed by atoms with Crippen LogP contribution >= 0.6 is 38.6 Å². The zero-order valence-electron chi connectivity index (χ0n) is 22.1. The molecule has 40 heavy (non-hydrogen) atoms. The van der Waals surface area contributed by atoms with Crippen molar-refractivity contribution in [1.82, 2.24) is 14.6 Å². The summed E-state index contributed by atoms with van der Waals surface area (Å²) in [5.74, 6) is -0.908. The molecule has 5 rings (SSSR count). The SMILES string of the molecule is CCOC(=O)c1c(NC(=O)c2nn3c(C(F)(F)F)cc(-c4cccs4)nc3c2Br)sc2c1CCC(C(C)(C)C)C2. The Morgan fingerprint density at radius 1 is 1.27 bits per heavy atom. The van der Waals surface area contributed by atoms with Gasteiger partial charge in [-0.15, -0.1) is 22.7 Å². The summed E-state index contributed by atoms with van der Waals surface area (Å²) < 4.78 is 48.1. The van der Waals surface area contributed by atoms with Gasteiger partial charge in [0.2, 0.25) is 0 Å². The maximum atomic E-state index is 14.0. The average Bonchev–Trinajstić information content (AvgIpc) is 3.60. The van der Waals surface area contributed by atoms with Gasteiger partial charge in [-0.25, -0.2) is 14.3 Å². The molecule has 0 spiro atoms. The Morgan fingerprint density at radius 3 is 2.65 bits per heavy atom. The van der Waals surface area contributed by atoms with Gasteiger partial charge in [-0.3, -0.25) is 4.79 Å². The average molecular weight is 656 g/mol. The fraction of sp³-hybridized carbons (Fsp3) is 0.407. The van der Waals surface area contributed by atoms with Crippen molar-refractivity contribution in [2.75, 3.05) is 11.9 Å². The minimum atomic E-state index is -4.75. The normalized spacial score (nSPS) is 15.8. The molecule has 0 aromatic carbocycles. The van der Waals surface area contributed by atoms with Crippen molar-refractivity contribution in [3.05, 3.63) is 55.4 Å². The van der Waals surface area contributed by atoms with E-state index in [1.165, 1.54) is 22.7 Å². The minimum absolute atomic E-state index is 0.0145. The highest BCUT2D eigenvalue weighted by atomic mass is 79.9. The predicted molar refractivity (Wildman–Crippen MR) is 152 cm³/mol. The molecule has 0 saturated heterocycles. The van der Waals surface area contributed by atoms with E-state index >= 15 is 0 Å². The summed E-state index contributed by atoms with van der Waals surface area (Å²) in [6.07, 6.45) is -2.43. The number of rotatable bonds is 5. The minimum Gasteiger partial charge on any atom is -0.462 e. The van der Waals surface area contributed by atoms with Gasteiger partial charge in [-0.2, -0.15) is 18.3 Å². The number of fused-ring (bicyclic) bond motifs is 2. The first-order chi connectivity index (χ1) is 18.8. The summed E-state index contributed by atoms with van der Waals surface area (Å²) in [6, 6.07) is 4.30. The Labute approximate surface area is 244 Å². The van der Waals surface area contributed by atoms with Crippen LogP contribution in [-0.4, -0.2) is 33.1 Å². The van der Waals surface area contributed by atoms with Crippen molar-refractivity contribution < 1.29 is 27.5 Å². The molecule has 0 fully saturated rings. The topological polar surface area (TPSA) is 85.6 Å². The number of carbonyl (C=O) groups excluding carboxylic acids is 2. The fourth-order valence-electron chi connectivity index (χ4n) is 4.88. The Kier molecular flexibility index (Phi) is 7.60. The zero-order valence-corrected chi connectivity index (χ0v) is 25.3. The van der Waals surface area contributed by atoms with Crippen LogP contribution in [0.1, 0.15) is 71.1 Å². The highest BCUT2D eigenvalue weighted by molar-refractivity contribution is 9.10. The highest BCUT2D eigenvalue weighted by Crippen LogP contribution is 2.45. The molecule has 4 heterocycles. The molecule has 7 nitrogen and oxygen atoms in total. The molecule has 0 radical (unpaired) electrons. The smallest absolute Gasteiger partial charge is 0.433 e. The first-order valence-electron chi connectivity index (χ1n) is 12.6. The van der Waals surface area contributed by atoms with Gasteiger partial charge in [0.05, 0.1) is 27.2 Å². The van der Waals surface area contributed by atoms with E-state index in [4.69, 9.17) is 4.74 Å². The predicted octanol–water partition coefficient (Wildman–Crippen LogP) is 7.88. The molecule has 1 amide bonds. The highest BCUT2D eigenvalue weighted by Gasteiger charge is 2.38. The third-order valence-electron chi connectivity index (χ3n) is 7.01. The number of esters is 1. The summed E-state index contributed by atoms with van der Waals surface area (Å²) in [4.78, 5) is 32.4. The second-order valence-corrected chi connectivity index (χ2v) is 13.4. The molecule has 0 aliphatic heterocycles. The first-order valence-corrected chi connectivity index (χ1v) is 15.1. The van der Waals surface area contributed by atoms with Gasteiger partial charge in [-0.1, -0.05) is 26.8 Å². The molecule has 1 unspecified atom stereocenters. The van der Waals surface area contributed by atoms with E-state index in [0.717, 1.165) is 29.3 Å². The quantitative estimate of drug-likeness (QED) is 0.221. The number of alkyl halides is 3. The van der Waals surface area contributed by atoms with Crippen LogP contribution in [0.4, 0.5) is 18.2 Å². The van der Waals surface area contributed by atoms with Gasteiger partial charge in [0.15, 0.2) is 17.0 Å². The van der Waals surface area contributed by atoms with Crippen LogP contribution < -0.4 is 5.32 Å². The number of aromatic nitrogens is 3. The number of hydrogen-bond donors (Lipinski definition) is 1. The second kappa shape index (κ2) is 10.6. The van der Waals surface area contributed by atoms with Gasteiger partial charge in [-0.05, 0) is 76.5 Å². The van der Waals surface area contributed by atoms with Crippen molar-refractivity contribution in [3.63, 3.8) is 0 Å². The number of amides is 1. The van der Waals surface area contributed by atoms with Gasteiger partial charge >= 0.3 is 12.1 Å². The van der Waals surface area contributed by atoms with E-state index in [1.54, 1.807) is 24.4 Å². The Morgan fingerprint density at radius 2 is 2.02 bits per heavy atom. The molecule has 1 atom stereocenters. The molecule has 4 aromatic rings. The number of thiophene rings is 2. The molecular formula is C27H26BrF3N4O3S2. The molecule has 0 saturated carbocycles. The molecular weight excluding hydrogens is 629 g/mol. The van der Waals surface area contributed by atoms with E-state index in [-0.39, 0.29) is 33.5 Å². The number of nitrogens with zero attached hydrogens (tertiary/aromatic N) is 3. The third-order valence-corrected chi connectivity index (χ3v) is 9.80. The van der Waals surface area contributed by atoms with Crippen molar-refractivity contribution in [2.24, 2.45) is 11.3 Å². The molecule has 1 aliphatic carbocycles. The Hall–Kier alpha value is -2.77. The zero-order chi connectivity index (χ0) is 29.0. The lowest BCUT2D eigenvalue weighted by atomic mass is 9.72. The van der Waals surface area contributed by atoms with Gasteiger partial charge in [0, 0.05) is 4.88 Å². The second-order valence-electron chi connectivity index (χ2n) is 10.6. The van der Waals surface area contributed by atoms with Crippen LogP contribution in [0.3, 0.4) is 0 Å². The number of ether oxygens (including phenoxy) is 1. The molecule has 0 bridgehead atoms. The number of halogens is 4. The summed E-state index contributed by atoms with van der Waals surface area (Å²) in [5.41, 5.74) is -0.144. The molecule has 1 aliphatic rings. The van der Waals surface area contributed by atoms with E-state index in [9.17, 15) is 22.8 Å². The van der Waals surface area contributed by atoms with E-state index in [1.807, 2.05) is 0 Å². The number of hydrogen-bond acceptors (Lipinski definition) is 7. The summed E-state index contributed by atoms with van der Waals surface area (Å²) in [7, 11) is 0. The van der Waals surface area contributed by atoms with Crippen LogP contribution in [-0.2, 0) is 23.8 Å². The van der Waals surface area contributed by atoms with Crippen LogP contribution in [0, 0.1) is 11.3 Å². The Balaban J connectivity index is 1.56. The van der Waals surface area contributed by atoms with Crippen LogP contribution in [0.5, 0.6) is 0 Å². The summed E-state index contributed by atoms with van der Waals surface area (Å²) in [5, 5.41) is 8.79. The van der Waals surface area contributed by atoms with Gasteiger partial charge in [0.25, 0.3) is 5.91 Å². The maximum absolute atomic E-state index is 14.0. The fourth-order valence-corrected chi connectivity index (χ4v) is 7.40. The lowest BCUT2D eigenvalue weighted by Crippen LogP contribution is -2.26. The van der Waals surface area contributed by atoms with Crippen molar-refractivity contribution >= 4 is 61.1 Å². The third kappa shape index (κ3) is 5.30. The van der Waals surface area contributed by atoms with Crippen LogP contribution in [0.15, 0.2) is 28.1 Å². The largest absolute Gasteiger partial charge is 0.462 e. The molecule has 13 heteroatoms. The molecule has 212 valence electrons. The lowest BCUT2D eigenvalue weighted by molar-refractivity contribution is -0.142. The molecule has 4 aromatic heterocycles.